The lowest BCUT2D eigenvalue weighted by Crippen LogP contribution is -2.36. The van der Waals surface area contributed by atoms with E-state index in [1.54, 1.807) is 0 Å². The summed E-state index contributed by atoms with van der Waals surface area (Å²) in [6, 6.07) is 7.88. The van der Waals surface area contributed by atoms with Crippen molar-refractivity contribution in [1.82, 2.24) is 15.6 Å². The molecular formula is C22H32IN5O2. The first-order valence-corrected chi connectivity index (χ1v) is 10.4. The summed E-state index contributed by atoms with van der Waals surface area (Å²) in [7, 11) is 0. The maximum atomic E-state index is 12.3. The molecule has 1 aromatic carbocycles. The SMILES string of the molecule is CCNC(=NCc1cccc(NC(=O)C2CCCC2)c1)NCc1nc(C)c(C)o1.I. The number of aryl methyl sites for hydroxylation is 2. The smallest absolute Gasteiger partial charge is 0.227 e. The zero-order valence-electron chi connectivity index (χ0n) is 18.0. The molecule has 3 rings (SSSR count). The van der Waals surface area contributed by atoms with Crippen molar-refractivity contribution >= 4 is 41.5 Å². The monoisotopic (exact) mass is 525 g/mol. The number of benzene rings is 1. The minimum Gasteiger partial charge on any atom is -0.444 e. The summed E-state index contributed by atoms with van der Waals surface area (Å²) in [6.45, 7) is 7.59. The highest BCUT2D eigenvalue weighted by Crippen LogP contribution is 2.26. The number of aliphatic imine (C=N–C) groups is 1. The molecule has 164 valence electrons. The Balaban J connectivity index is 0.00000320. The highest BCUT2D eigenvalue weighted by Gasteiger charge is 2.22. The number of halogens is 1. The number of rotatable bonds is 7. The second kappa shape index (κ2) is 11.9. The summed E-state index contributed by atoms with van der Waals surface area (Å²) in [5.41, 5.74) is 2.77. The Hall–Kier alpha value is -2.10. The van der Waals surface area contributed by atoms with Gasteiger partial charge in [-0.25, -0.2) is 9.98 Å². The largest absolute Gasteiger partial charge is 0.444 e. The van der Waals surface area contributed by atoms with Gasteiger partial charge in [-0.05, 0) is 51.3 Å². The molecule has 0 saturated heterocycles. The van der Waals surface area contributed by atoms with Gasteiger partial charge in [0.15, 0.2) is 5.96 Å². The van der Waals surface area contributed by atoms with Crippen LogP contribution in [0.3, 0.4) is 0 Å². The van der Waals surface area contributed by atoms with E-state index in [9.17, 15) is 4.79 Å². The number of nitrogens with zero attached hydrogens (tertiary/aromatic N) is 2. The van der Waals surface area contributed by atoms with Crippen molar-refractivity contribution in [3.63, 3.8) is 0 Å². The van der Waals surface area contributed by atoms with Gasteiger partial charge in [0, 0.05) is 18.2 Å². The highest BCUT2D eigenvalue weighted by atomic mass is 127. The van der Waals surface area contributed by atoms with Crippen LogP contribution < -0.4 is 16.0 Å². The van der Waals surface area contributed by atoms with Crippen LogP contribution in [0.4, 0.5) is 5.69 Å². The summed E-state index contributed by atoms with van der Waals surface area (Å²) < 4.78 is 5.60. The number of hydrogen-bond acceptors (Lipinski definition) is 4. The summed E-state index contributed by atoms with van der Waals surface area (Å²) >= 11 is 0. The van der Waals surface area contributed by atoms with Crippen LogP contribution in [0.1, 0.15) is 55.5 Å². The van der Waals surface area contributed by atoms with E-state index in [1.165, 1.54) is 0 Å². The Morgan fingerprint density at radius 2 is 2.00 bits per heavy atom. The van der Waals surface area contributed by atoms with Crippen molar-refractivity contribution in [3.05, 3.63) is 47.2 Å². The van der Waals surface area contributed by atoms with Crippen molar-refractivity contribution in [2.24, 2.45) is 10.9 Å². The minimum atomic E-state index is 0. The maximum Gasteiger partial charge on any atom is 0.227 e. The van der Waals surface area contributed by atoms with Gasteiger partial charge in [0.05, 0.1) is 18.8 Å². The van der Waals surface area contributed by atoms with Gasteiger partial charge in [-0.15, -0.1) is 24.0 Å². The van der Waals surface area contributed by atoms with Crippen molar-refractivity contribution in [3.8, 4) is 0 Å². The predicted octanol–water partition coefficient (Wildman–Crippen LogP) is 4.29. The molecule has 8 heteroatoms. The van der Waals surface area contributed by atoms with Crippen LogP contribution in [-0.2, 0) is 17.9 Å². The Morgan fingerprint density at radius 1 is 1.23 bits per heavy atom. The standard InChI is InChI=1S/C22H31N5O2.HI/c1-4-23-22(25-14-20-26-15(2)16(3)29-20)24-13-17-8-7-11-19(12-17)27-21(28)18-9-5-6-10-18;/h7-8,11-12,18H,4-6,9-10,13-14H2,1-3H3,(H,27,28)(H2,23,24,25);1H. The van der Waals surface area contributed by atoms with Gasteiger partial charge in [0.2, 0.25) is 11.8 Å². The molecular weight excluding hydrogens is 493 g/mol. The van der Waals surface area contributed by atoms with Crippen LogP contribution in [0.5, 0.6) is 0 Å². The average molecular weight is 525 g/mol. The normalized spacial score (nSPS) is 14.3. The molecule has 3 N–H and O–H groups in total. The number of aromatic nitrogens is 1. The number of guanidine groups is 1. The molecule has 2 aromatic rings. The molecule has 7 nitrogen and oxygen atoms in total. The maximum absolute atomic E-state index is 12.3. The lowest BCUT2D eigenvalue weighted by molar-refractivity contribution is -0.119. The quantitative estimate of drug-likeness (QED) is 0.285. The fourth-order valence-corrected chi connectivity index (χ4v) is 3.47. The third-order valence-electron chi connectivity index (χ3n) is 5.16. The zero-order chi connectivity index (χ0) is 20.6. The van der Waals surface area contributed by atoms with Gasteiger partial charge in [0.1, 0.15) is 5.76 Å². The van der Waals surface area contributed by atoms with Crippen molar-refractivity contribution in [2.45, 2.75) is 59.5 Å². The summed E-state index contributed by atoms with van der Waals surface area (Å²) in [4.78, 5) is 21.4. The van der Waals surface area contributed by atoms with E-state index in [-0.39, 0.29) is 35.8 Å². The minimum absolute atomic E-state index is 0. The van der Waals surface area contributed by atoms with Gasteiger partial charge < -0.3 is 20.4 Å². The molecule has 0 atom stereocenters. The first-order valence-electron chi connectivity index (χ1n) is 10.4. The van der Waals surface area contributed by atoms with E-state index < -0.39 is 0 Å². The van der Waals surface area contributed by atoms with E-state index in [1.807, 2.05) is 45.0 Å². The predicted molar refractivity (Wildman–Crippen MR) is 130 cm³/mol. The van der Waals surface area contributed by atoms with Crippen LogP contribution in [0, 0.1) is 19.8 Å². The molecule has 0 unspecified atom stereocenters. The van der Waals surface area contributed by atoms with Crippen LogP contribution >= 0.6 is 24.0 Å². The molecule has 1 aliphatic rings. The Bertz CT molecular complexity index is 839. The first kappa shape index (κ1) is 24.2. The van der Waals surface area contributed by atoms with Gasteiger partial charge in [0.25, 0.3) is 0 Å². The van der Waals surface area contributed by atoms with Gasteiger partial charge >= 0.3 is 0 Å². The molecule has 1 fully saturated rings. The molecule has 1 amide bonds. The summed E-state index contributed by atoms with van der Waals surface area (Å²) in [6.07, 6.45) is 4.30. The second-order valence-corrected chi connectivity index (χ2v) is 7.47. The number of carbonyl (C=O) groups excluding carboxylic acids is 1. The van der Waals surface area contributed by atoms with E-state index in [0.29, 0.717) is 24.9 Å². The molecule has 1 aliphatic carbocycles. The molecule has 30 heavy (non-hydrogen) atoms. The van der Waals surface area contributed by atoms with Crippen LogP contribution in [-0.4, -0.2) is 23.4 Å². The Kier molecular flexibility index (Phi) is 9.61. The molecule has 1 heterocycles. The lowest BCUT2D eigenvalue weighted by Gasteiger charge is -2.12. The number of anilines is 1. The van der Waals surface area contributed by atoms with Crippen LogP contribution in [0.15, 0.2) is 33.7 Å². The molecule has 0 radical (unpaired) electrons. The summed E-state index contributed by atoms with van der Waals surface area (Å²) in [5.74, 6) is 2.46. The average Bonchev–Trinajstić information content (AvgIpc) is 3.35. The Morgan fingerprint density at radius 3 is 2.67 bits per heavy atom. The summed E-state index contributed by atoms with van der Waals surface area (Å²) in [5, 5.41) is 9.52. The molecule has 1 aromatic heterocycles. The zero-order valence-corrected chi connectivity index (χ0v) is 20.3. The van der Waals surface area contributed by atoms with Crippen LogP contribution in [0.2, 0.25) is 0 Å². The number of nitrogens with one attached hydrogen (secondary N) is 3. The number of carbonyl (C=O) groups is 1. The first-order chi connectivity index (χ1) is 14.0. The van der Waals surface area contributed by atoms with Crippen LogP contribution in [0.25, 0.3) is 0 Å². The van der Waals surface area contributed by atoms with E-state index in [4.69, 9.17) is 4.42 Å². The van der Waals surface area contributed by atoms with Crippen molar-refractivity contribution in [1.29, 1.82) is 0 Å². The van der Waals surface area contributed by atoms with Gasteiger partial charge in [-0.2, -0.15) is 0 Å². The van der Waals surface area contributed by atoms with Gasteiger partial charge in [-0.1, -0.05) is 25.0 Å². The molecule has 0 bridgehead atoms. The third-order valence-corrected chi connectivity index (χ3v) is 5.16. The van der Waals surface area contributed by atoms with E-state index >= 15 is 0 Å². The van der Waals surface area contributed by atoms with E-state index in [0.717, 1.165) is 54.9 Å². The third kappa shape index (κ3) is 7.00. The molecule has 0 spiro atoms. The number of hydrogen-bond donors (Lipinski definition) is 3. The number of oxazole rings is 1. The fourth-order valence-electron chi connectivity index (χ4n) is 3.47. The lowest BCUT2D eigenvalue weighted by atomic mass is 10.1. The topological polar surface area (TPSA) is 91.5 Å². The second-order valence-electron chi connectivity index (χ2n) is 7.47. The highest BCUT2D eigenvalue weighted by molar-refractivity contribution is 14.0. The Labute approximate surface area is 195 Å². The molecule has 1 saturated carbocycles. The van der Waals surface area contributed by atoms with Crippen molar-refractivity contribution < 1.29 is 9.21 Å². The van der Waals surface area contributed by atoms with Crippen molar-refractivity contribution in [2.75, 3.05) is 11.9 Å². The van der Waals surface area contributed by atoms with Gasteiger partial charge in [-0.3, -0.25) is 4.79 Å². The van der Waals surface area contributed by atoms with E-state index in [2.05, 4.69) is 25.9 Å². The number of amides is 1. The molecule has 0 aliphatic heterocycles. The fraction of sp³-hybridized carbons (Fsp3) is 0.500.